The summed E-state index contributed by atoms with van der Waals surface area (Å²) in [7, 11) is -4.04. The molecule has 4 aromatic rings. The normalized spacial score (nSPS) is 11.2. The number of ether oxygens (including phenoxy) is 1. The number of benzene rings is 3. The lowest BCUT2D eigenvalue weighted by Crippen LogP contribution is -2.41. The Morgan fingerprint density at radius 3 is 2.42 bits per heavy atom. The number of hydrogen-bond donors (Lipinski definition) is 1. The second-order valence-electron chi connectivity index (χ2n) is 7.98. The highest BCUT2D eigenvalue weighted by atomic mass is 32.2. The number of nitrogens with one attached hydrogen (secondary N) is 1. The van der Waals surface area contributed by atoms with Gasteiger partial charge in [-0.25, -0.2) is 13.4 Å². The fourth-order valence-corrected chi connectivity index (χ4v) is 5.32. The number of amides is 1. The highest BCUT2D eigenvalue weighted by Gasteiger charge is 2.29. The van der Waals surface area contributed by atoms with E-state index in [1.807, 2.05) is 48.9 Å². The van der Waals surface area contributed by atoms with Crippen LogP contribution in [-0.4, -0.2) is 37.0 Å². The number of para-hydroxylation sites is 3. The highest BCUT2D eigenvalue weighted by molar-refractivity contribution is 7.92. The van der Waals surface area contributed by atoms with Crippen LogP contribution in [0.2, 0.25) is 0 Å². The minimum atomic E-state index is -4.04. The van der Waals surface area contributed by atoms with E-state index in [1.165, 1.54) is 12.1 Å². The molecule has 0 aliphatic heterocycles. The Bertz CT molecular complexity index is 1430. The van der Waals surface area contributed by atoms with Gasteiger partial charge >= 0.3 is 0 Å². The summed E-state index contributed by atoms with van der Waals surface area (Å²) < 4.78 is 36.0. The first-order chi connectivity index (χ1) is 17.4. The molecule has 0 aliphatic rings. The van der Waals surface area contributed by atoms with Gasteiger partial charge in [0.25, 0.3) is 10.0 Å². The Balaban J connectivity index is 1.61. The second kappa shape index (κ2) is 11.1. The van der Waals surface area contributed by atoms with Crippen LogP contribution in [0.25, 0.3) is 5.69 Å². The fourth-order valence-electron chi connectivity index (χ4n) is 3.87. The number of hydrogen-bond acceptors (Lipinski definition) is 5. The number of sulfonamides is 1. The van der Waals surface area contributed by atoms with E-state index in [4.69, 9.17) is 4.74 Å². The summed E-state index contributed by atoms with van der Waals surface area (Å²) in [5.74, 6) is 0.757. The number of aromatic nitrogens is 2. The first-order valence-corrected chi connectivity index (χ1v) is 13.0. The zero-order valence-electron chi connectivity index (χ0n) is 20.2. The molecular formula is C27H28N4O4S. The molecule has 1 N–H and O–H groups in total. The molecule has 8 nitrogen and oxygen atoms in total. The summed E-state index contributed by atoms with van der Waals surface area (Å²) in [6.45, 7) is 3.88. The molecule has 0 aliphatic carbocycles. The van der Waals surface area contributed by atoms with Crippen LogP contribution in [-0.2, 0) is 21.4 Å². The van der Waals surface area contributed by atoms with Gasteiger partial charge < -0.3 is 14.6 Å². The molecular weight excluding hydrogens is 476 g/mol. The predicted molar refractivity (Wildman–Crippen MR) is 139 cm³/mol. The molecule has 0 atom stereocenters. The van der Waals surface area contributed by atoms with E-state index in [0.29, 0.717) is 18.0 Å². The average molecular weight is 505 g/mol. The van der Waals surface area contributed by atoms with Gasteiger partial charge in [-0.15, -0.1) is 0 Å². The maximum absolute atomic E-state index is 13.6. The molecule has 0 unspecified atom stereocenters. The highest BCUT2D eigenvalue weighted by Crippen LogP contribution is 2.32. The van der Waals surface area contributed by atoms with E-state index in [2.05, 4.69) is 10.3 Å². The van der Waals surface area contributed by atoms with Gasteiger partial charge in [0.2, 0.25) is 5.91 Å². The van der Waals surface area contributed by atoms with Crippen LogP contribution in [0.4, 0.5) is 5.69 Å². The number of carbonyl (C=O) groups is 1. The Kier molecular flexibility index (Phi) is 7.70. The van der Waals surface area contributed by atoms with Crippen molar-refractivity contribution in [3.8, 4) is 11.4 Å². The SMILES string of the molecule is CCOc1ccccc1N(CC(=O)NCc1ccccc1-n1ccnc1C)S(=O)(=O)c1ccccc1. The maximum atomic E-state index is 13.6. The average Bonchev–Trinajstić information content (AvgIpc) is 3.33. The summed E-state index contributed by atoms with van der Waals surface area (Å²) in [4.78, 5) is 17.5. The van der Waals surface area contributed by atoms with Crippen molar-refractivity contribution < 1.29 is 17.9 Å². The van der Waals surface area contributed by atoms with E-state index in [-0.39, 0.29) is 11.4 Å². The monoisotopic (exact) mass is 504 g/mol. The Morgan fingerprint density at radius 2 is 1.69 bits per heavy atom. The van der Waals surface area contributed by atoms with Crippen molar-refractivity contribution in [3.63, 3.8) is 0 Å². The lowest BCUT2D eigenvalue weighted by Gasteiger charge is -2.26. The summed E-state index contributed by atoms with van der Waals surface area (Å²) in [6.07, 6.45) is 3.57. The van der Waals surface area contributed by atoms with Crippen LogP contribution in [0.5, 0.6) is 5.75 Å². The summed E-state index contributed by atoms with van der Waals surface area (Å²) in [5.41, 5.74) is 2.06. The molecule has 9 heteroatoms. The van der Waals surface area contributed by atoms with Gasteiger partial charge in [-0.05, 0) is 49.7 Å². The van der Waals surface area contributed by atoms with Crippen molar-refractivity contribution in [2.24, 2.45) is 0 Å². The minimum absolute atomic E-state index is 0.0880. The molecule has 186 valence electrons. The molecule has 36 heavy (non-hydrogen) atoms. The standard InChI is InChI=1S/C27H28N4O4S/c1-3-35-26-16-10-9-15-25(26)31(36(33,34)23-12-5-4-6-13-23)20-27(32)29-19-22-11-7-8-14-24(22)30-18-17-28-21(30)2/h4-18H,3,19-20H2,1-2H3,(H,29,32). The van der Waals surface area contributed by atoms with Gasteiger partial charge in [-0.1, -0.05) is 48.5 Å². The third-order valence-corrected chi connectivity index (χ3v) is 7.38. The van der Waals surface area contributed by atoms with Gasteiger partial charge in [0.1, 0.15) is 18.1 Å². The first kappa shape index (κ1) is 25.0. The largest absolute Gasteiger partial charge is 0.492 e. The Hall–Kier alpha value is -4.11. The van der Waals surface area contributed by atoms with Crippen molar-refractivity contribution in [2.45, 2.75) is 25.3 Å². The quantitative estimate of drug-likeness (QED) is 0.351. The van der Waals surface area contributed by atoms with Gasteiger partial charge in [-0.2, -0.15) is 0 Å². The van der Waals surface area contributed by atoms with E-state index in [1.54, 1.807) is 48.7 Å². The molecule has 1 heterocycles. The Morgan fingerprint density at radius 1 is 1.00 bits per heavy atom. The number of anilines is 1. The van der Waals surface area contributed by atoms with Crippen LogP contribution in [0, 0.1) is 6.92 Å². The molecule has 1 amide bonds. The molecule has 4 rings (SSSR count). The van der Waals surface area contributed by atoms with Crippen LogP contribution >= 0.6 is 0 Å². The summed E-state index contributed by atoms with van der Waals surface area (Å²) in [5, 5.41) is 2.88. The van der Waals surface area contributed by atoms with E-state index in [0.717, 1.165) is 21.4 Å². The fraction of sp³-hybridized carbons (Fsp3) is 0.185. The lowest BCUT2D eigenvalue weighted by atomic mass is 10.1. The van der Waals surface area contributed by atoms with Crippen molar-refractivity contribution in [2.75, 3.05) is 17.5 Å². The van der Waals surface area contributed by atoms with Crippen molar-refractivity contribution >= 4 is 21.6 Å². The topological polar surface area (TPSA) is 93.5 Å². The zero-order valence-corrected chi connectivity index (χ0v) is 21.0. The Labute approximate surface area is 211 Å². The maximum Gasteiger partial charge on any atom is 0.264 e. The number of aryl methyl sites for hydroxylation is 1. The molecule has 0 saturated carbocycles. The second-order valence-corrected chi connectivity index (χ2v) is 9.84. The molecule has 0 radical (unpaired) electrons. The first-order valence-electron chi connectivity index (χ1n) is 11.6. The van der Waals surface area contributed by atoms with Crippen molar-refractivity contribution in [1.82, 2.24) is 14.9 Å². The molecule has 0 saturated heterocycles. The molecule has 1 aromatic heterocycles. The number of carbonyl (C=O) groups excluding carboxylic acids is 1. The van der Waals surface area contributed by atoms with E-state index < -0.39 is 22.5 Å². The third-order valence-electron chi connectivity index (χ3n) is 5.61. The minimum Gasteiger partial charge on any atom is -0.492 e. The number of rotatable bonds is 10. The number of imidazole rings is 1. The van der Waals surface area contributed by atoms with Crippen LogP contribution in [0.1, 0.15) is 18.3 Å². The van der Waals surface area contributed by atoms with Crippen LogP contribution in [0.15, 0.2) is 96.2 Å². The van der Waals surface area contributed by atoms with Gasteiger partial charge in [-0.3, -0.25) is 9.10 Å². The number of nitrogens with zero attached hydrogens (tertiary/aromatic N) is 3. The van der Waals surface area contributed by atoms with Crippen molar-refractivity contribution in [3.05, 3.63) is 103 Å². The van der Waals surface area contributed by atoms with Gasteiger partial charge in [0, 0.05) is 18.9 Å². The summed E-state index contributed by atoms with van der Waals surface area (Å²) >= 11 is 0. The molecule has 0 bridgehead atoms. The van der Waals surface area contributed by atoms with Crippen molar-refractivity contribution in [1.29, 1.82) is 0 Å². The lowest BCUT2D eigenvalue weighted by molar-refractivity contribution is -0.119. The predicted octanol–water partition coefficient (Wildman–Crippen LogP) is 4.09. The smallest absolute Gasteiger partial charge is 0.264 e. The summed E-state index contributed by atoms with van der Waals surface area (Å²) in [6, 6.07) is 22.5. The van der Waals surface area contributed by atoms with Gasteiger partial charge in [0.05, 0.1) is 22.9 Å². The molecule has 0 spiro atoms. The molecule has 3 aromatic carbocycles. The van der Waals surface area contributed by atoms with E-state index in [9.17, 15) is 13.2 Å². The third kappa shape index (κ3) is 5.41. The van der Waals surface area contributed by atoms with Crippen LogP contribution < -0.4 is 14.4 Å². The van der Waals surface area contributed by atoms with Gasteiger partial charge in [0.15, 0.2) is 0 Å². The van der Waals surface area contributed by atoms with Crippen LogP contribution in [0.3, 0.4) is 0 Å². The molecule has 0 fully saturated rings. The van der Waals surface area contributed by atoms with E-state index >= 15 is 0 Å². The zero-order chi connectivity index (χ0) is 25.5.